The first kappa shape index (κ1) is 13.3. The Hall–Kier alpha value is -1.15. The number of amides is 1. The van der Waals surface area contributed by atoms with Crippen LogP contribution in [0.1, 0.15) is 19.8 Å². The van der Waals surface area contributed by atoms with E-state index in [0.717, 1.165) is 19.4 Å². The van der Waals surface area contributed by atoms with Gasteiger partial charge in [0, 0.05) is 19.1 Å². The molecule has 0 saturated heterocycles. The summed E-state index contributed by atoms with van der Waals surface area (Å²) in [6.45, 7) is 3.84. The molecule has 100 valence electrons. The summed E-state index contributed by atoms with van der Waals surface area (Å²) in [5, 5.41) is 12.0. The van der Waals surface area contributed by atoms with Crippen molar-refractivity contribution >= 4 is 17.7 Å². The lowest BCUT2D eigenvalue weighted by molar-refractivity contribution is -0.128. The lowest BCUT2D eigenvalue weighted by Crippen LogP contribution is -2.34. The van der Waals surface area contributed by atoms with Crippen molar-refractivity contribution in [3.05, 3.63) is 0 Å². The Morgan fingerprint density at radius 3 is 3.00 bits per heavy atom. The lowest BCUT2D eigenvalue weighted by Gasteiger charge is -2.19. The molecule has 1 fully saturated rings. The van der Waals surface area contributed by atoms with E-state index in [1.807, 2.05) is 11.8 Å². The summed E-state index contributed by atoms with van der Waals surface area (Å²) in [7, 11) is 0. The van der Waals surface area contributed by atoms with E-state index in [1.165, 1.54) is 11.8 Å². The molecule has 1 aromatic heterocycles. The molecule has 0 aromatic carbocycles. The SMILES string of the molecule is CCN(C(=O)CSc1nnnn1CCN)C1CC1. The van der Waals surface area contributed by atoms with Crippen LogP contribution < -0.4 is 5.73 Å². The number of nitrogens with zero attached hydrogens (tertiary/aromatic N) is 5. The maximum atomic E-state index is 12.0. The number of nitrogens with two attached hydrogens (primary N) is 1. The molecule has 0 atom stereocenters. The van der Waals surface area contributed by atoms with Crippen LogP contribution in [0, 0.1) is 0 Å². The number of carbonyl (C=O) groups is 1. The highest BCUT2D eigenvalue weighted by molar-refractivity contribution is 7.99. The van der Waals surface area contributed by atoms with Gasteiger partial charge in [0.15, 0.2) is 0 Å². The lowest BCUT2D eigenvalue weighted by atomic mass is 10.4. The van der Waals surface area contributed by atoms with Gasteiger partial charge in [-0.15, -0.1) is 5.10 Å². The Morgan fingerprint density at radius 1 is 1.61 bits per heavy atom. The molecule has 0 spiro atoms. The third-order valence-electron chi connectivity index (χ3n) is 2.81. The van der Waals surface area contributed by atoms with Crippen LogP contribution in [-0.4, -0.2) is 55.9 Å². The Bertz CT molecular complexity index is 405. The summed E-state index contributed by atoms with van der Waals surface area (Å²) in [6.07, 6.45) is 2.27. The number of carbonyl (C=O) groups excluding carboxylic acids is 1. The monoisotopic (exact) mass is 270 g/mol. The minimum Gasteiger partial charge on any atom is -0.339 e. The van der Waals surface area contributed by atoms with Gasteiger partial charge in [-0.3, -0.25) is 4.79 Å². The van der Waals surface area contributed by atoms with Gasteiger partial charge in [0.1, 0.15) is 0 Å². The highest BCUT2D eigenvalue weighted by atomic mass is 32.2. The zero-order valence-electron chi connectivity index (χ0n) is 10.4. The molecule has 1 amide bonds. The normalized spacial score (nSPS) is 14.8. The van der Waals surface area contributed by atoms with Crippen LogP contribution in [0.5, 0.6) is 0 Å². The summed E-state index contributed by atoms with van der Waals surface area (Å²) in [5.41, 5.74) is 5.46. The van der Waals surface area contributed by atoms with Crippen LogP contribution in [-0.2, 0) is 11.3 Å². The van der Waals surface area contributed by atoms with Crippen molar-refractivity contribution in [2.24, 2.45) is 5.73 Å². The van der Waals surface area contributed by atoms with Crippen molar-refractivity contribution in [2.45, 2.75) is 37.5 Å². The number of tetrazole rings is 1. The van der Waals surface area contributed by atoms with E-state index in [2.05, 4.69) is 15.5 Å². The first-order valence-corrected chi connectivity index (χ1v) is 7.13. The minimum atomic E-state index is 0.160. The van der Waals surface area contributed by atoms with Gasteiger partial charge in [-0.05, 0) is 30.2 Å². The molecule has 2 N–H and O–H groups in total. The number of aromatic nitrogens is 4. The highest BCUT2D eigenvalue weighted by Gasteiger charge is 2.31. The molecule has 2 rings (SSSR count). The van der Waals surface area contributed by atoms with E-state index in [4.69, 9.17) is 5.73 Å². The number of hydrogen-bond acceptors (Lipinski definition) is 6. The second kappa shape index (κ2) is 6.14. The standard InChI is InChI=1S/C10H18N6OS/c1-2-15(8-3-4-8)9(17)7-18-10-12-13-14-16(10)6-5-11/h8H,2-7,11H2,1H3. The molecule has 1 aromatic rings. The van der Waals surface area contributed by atoms with Gasteiger partial charge in [0.25, 0.3) is 0 Å². The minimum absolute atomic E-state index is 0.160. The van der Waals surface area contributed by atoms with E-state index in [9.17, 15) is 4.79 Å². The van der Waals surface area contributed by atoms with Gasteiger partial charge >= 0.3 is 0 Å². The number of rotatable bonds is 7. The predicted molar refractivity (Wildman–Crippen MR) is 68.0 cm³/mol. The summed E-state index contributed by atoms with van der Waals surface area (Å²) in [5.74, 6) is 0.544. The molecule has 1 saturated carbocycles. The van der Waals surface area contributed by atoms with Gasteiger partial charge in [-0.25, -0.2) is 4.68 Å². The van der Waals surface area contributed by atoms with Crippen molar-refractivity contribution in [2.75, 3.05) is 18.8 Å². The smallest absolute Gasteiger partial charge is 0.233 e. The summed E-state index contributed by atoms with van der Waals surface area (Å²) in [4.78, 5) is 14.0. The van der Waals surface area contributed by atoms with Crippen LogP contribution in [0.25, 0.3) is 0 Å². The molecule has 7 nitrogen and oxygen atoms in total. The van der Waals surface area contributed by atoms with Gasteiger partial charge in [-0.1, -0.05) is 11.8 Å². The van der Waals surface area contributed by atoms with Crippen molar-refractivity contribution < 1.29 is 4.79 Å². The summed E-state index contributed by atoms with van der Waals surface area (Å²) in [6, 6.07) is 0.461. The first-order chi connectivity index (χ1) is 8.76. The second-order valence-electron chi connectivity index (χ2n) is 4.17. The van der Waals surface area contributed by atoms with Gasteiger partial charge in [0.05, 0.1) is 12.3 Å². The van der Waals surface area contributed by atoms with Crippen LogP contribution in [0.3, 0.4) is 0 Å². The molecule has 18 heavy (non-hydrogen) atoms. The molecule has 0 radical (unpaired) electrons. The first-order valence-electron chi connectivity index (χ1n) is 6.14. The fourth-order valence-corrected chi connectivity index (χ4v) is 2.59. The molecule has 8 heteroatoms. The van der Waals surface area contributed by atoms with Crippen LogP contribution >= 0.6 is 11.8 Å². The average molecular weight is 270 g/mol. The zero-order valence-corrected chi connectivity index (χ0v) is 11.3. The maximum Gasteiger partial charge on any atom is 0.233 e. The number of hydrogen-bond donors (Lipinski definition) is 1. The molecule has 0 aliphatic heterocycles. The average Bonchev–Trinajstić information content (AvgIpc) is 3.09. The largest absolute Gasteiger partial charge is 0.339 e. The fraction of sp³-hybridized carbons (Fsp3) is 0.800. The molecule has 0 unspecified atom stereocenters. The molecule has 0 bridgehead atoms. The Kier molecular flexibility index (Phi) is 4.54. The third kappa shape index (κ3) is 3.20. The highest BCUT2D eigenvalue weighted by Crippen LogP contribution is 2.27. The fourth-order valence-electron chi connectivity index (χ4n) is 1.80. The summed E-state index contributed by atoms with van der Waals surface area (Å²) >= 11 is 1.37. The van der Waals surface area contributed by atoms with E-state index < -0.39 is 0 Å². The Balaban J connectivity index is 1.86. The Labute approximate surface area is 110 Å². The van der Waals surface area contributed by atoms with Gasteiger partial charge in [0.2, 0.25) is 11.1 Å². The van der Waals surface area contributed by atoms with Crippen molar-refractivity contribution in [1.82, 2.24) is 25.1 Å². The molecular formula is C10H18N6OS. The van der Waals surface area contributed by atoms with E-state index in [0.29, 0.717) is 30.0 Å². The van der Waals surface area contributed by atoms with E-state index in [1.54, 1.807) is 4.68 Å². The van der Waals surface area contributed by atoms with Gasteiger partial charge < -0.3 is 10.6 Å². The molecule has 1 aliphatic carbocycles. The second-order valence-corrected chi connectivity index (χ2v) is 5.12. The quantitative estimate of drug-likeness (QED) is 0.686. The predicted octanol–water partition coefficient (Wildman–Crippen LogP) is -0.265. The molecule has 1 heterocycles. The van der Waals surface area contributed by atoms with Crippen molar-refractivity contribution in [3.63, 3.8) is 0 Å². The van der Waals surface area contributed by atoms with E-state index >= 15 is 0 Å². The Morgan fingerprint density at radius 2 is 2.39 bits per heavy atom. The van der Waals surface area contributed by atoms with Crippen LogP contribution in [0.2, 0.25) is 0 Å². The third-order valence-corrected chi connectivity index (χ3v) is 3.76. The van der Waals surface area contributed by atoms with Crippen LogP contribution in [0.15, 0.2) is 5.16 Å². The van der Waals surface area contributed by atoms with Crippen molar-refractivity contribution in [1.29, 1.82) is 0 Å². The number of thioether (sulfide) groups is 1. The summed E-state index contributed by atoms with van der Waals surface area (Å²) < 4.78 is 1.63. The van der Waals surface area contributed by atoms with Gasteiger partial charge in [-0.2, -0.15) is 0 Å². The molecule has 1 aliphatic rings. The van der Waals surface area contributed by atoms with E-state index in [-0.39, 0.29) is 5.91 Å². The topological polar surface area (TPSA) is 89.9 Å². The zero-order chi connectivity index (χ0) is 13.0. The maximum absolute atomic E-state index is 12.0. The molecular weight excluding hydrogens is 252 g/mol. The van der Waals surface area contributed by atoms with Crippen molar-refractivity contribution in [3.8, 4) is 0 Å². The van der Waals surface area contributed by atoms with Crippen LogP contribution in [0.4, 0.5) is 0 Å².